The lowest BCUT2D eigenvalue weighted by Gasteiger charge is -2.28. The van der Waals surface area contributed by atoms with Gasteiger partial charge >= 0.3 is 0 Å². The van der Waals surface area contributed by atoms with Gasteiger partial charge in [0.15, 0.2) is 0 Å². The number of hydrogen-bond acceptors (Lipinski definition) is 2. The number of hydrogen-bond donors (Lipinski definition) is 1. The molecule has 2 nitrogen and oxygen atoms in total. The maximum atomic E-state index is 5.36. The molecule has 1 aliphatic heterocycles. The summed E-state index contributed by atoms with van der Waals surface area (Å²) in [4.78, 5) is 5.79. The second-order valence-corrected chi connectivity index (χ2v) is 5.71. The first-order chi connectivity index (χ1) is 8.29. The first kappa shape index (κ1) is 11.1. The van der Waals surface area contributed by atoms with E-state index in [0.29, 0.717) is 0 Å². The third-order valence-electron chi connectivity index (χ3n) is 3.32. The molecule has 0 unspecified atom stereocenters. The van der Waals surface area contributed by atoms with E-state index in [0.717, 1.165) is 23.8 Å². The standard InChI is InChI=1S/C13H14N2S2/c1-17-13(16)15-7-6-10-9-4-2-3-5-11(9)14-12(10)8-15/h2-5,14H,6-8H2,1H3. The summed E-state index contributed by atoms with van der Waals surface area (Å²) >= 11 is 7.02. The Morgan fingerprint density at radius 1 is 1.41 bits per heavy atom. The summed E-state index contributed by atoms with van der Waals surface area (Å²) < 4.78 is 0.995. The highest BCUT2D eigenvalue weighted by atomic mass is 32.2. The highest BCUT2D eigenvalue weighted by Gasteiger charge is 2.21. The van der Waals surface area contributed by atoms with Crippen LogP contribution in [0.4, 0.5) is 0 Å². The number of aromatic nitrogens is 1. The van der Waals surface area contributed by atoms with Gasteiger partial charge in [0.05, 0.1) is 6.54 Å². The number of rotatable bonds is 0. The van der Waals surface area contributed by atoms with E-state index in [1.165, 1.54) is 22.2 Å². The van der Waals surface area contributed by atoms with Gasteiger partial charge in [0.25, 0.3) is 0 Å². The average Bonchev–Trinajstić information content (AvgIpc) is 2.75. The Labute approximate surface area is 110 Å². The van der Waals surface area contributed by atoms with Crippen molar-refractivity contribution in [3.05, 3.63) is 35.5 Å². The molecule has 17 heavy (non-hydrogen) atoms. The van der Waals surface area contributed by atoms with Crippen LogP contribution < -0.4 is 0 Å². The lowest BCUT2D eigenvalue weighted by molar-refractivity contribution is 0.404. The molecule has 0 fully saturated rings. The molecule has 0 amide bonds. The van der Waals surface area contributed by atoms with Crippen molar-refractivity contribution in [2.45, 2.75) is 13.0 Å². The molecule has 88 valence electrons. The first-order valence-corrected chi connectivity index (χ1v) is 7.34. The van der Waals surface area contributed by atoms with Gasteiger partial charge in [-0.25, -0.2) is 0 Å². The van der Waals surface area contributed by atoms with Crippen LogP contribution in [-0.2, 0) is 13.0 Å². The molecule has 2 aromatic rings. The highest BCUT2D eigenvalue weighted by Crippen LogP contribution is 2.28. The van der Waals surface area contributed by atoms with Crippen LogP contribution in [0.5, 0.6) is 0 Å². The third-order valence-corrected chi connectivity index (χ3v) is 4.68. The molecular weight excluding hydrogens is 248 g/mol. The zero-order chi connectivity index (χ0) is 11.8. The van der Waals surface area contributed by atoms with Crippen molar-refractivity contribution >= 4 is 39.2 Å². The highest BCUT2D eigenvalue weighted by molar-refractivity contribution is 8.22. The number of H-pyrrole nitrogens is 1. The lowest BCUT2D eigenvalue weighted by Crippen LogP contribution is -2.32. The molecule has 0 atom stereocenters. The Morgan fingerprint density at radius 2 is 2.24 bits per heavy atom. The Bertz CT molecular complexity index is 574. The normalized spacial score (nSPS) is 15.0. The molecule has 0 spiro atoms. The zero-order valence-corrected chi connectivity index (χ0v) is 11.3. The van der Waals surface area contributed by atoms with E-state index in [9.17, 15) is 0 Å². The van der Waals surface area contributed by atoms with Crippen molar-refractivity contribution < 1.29 is 0 Å². The molecule has 0 radical (unpaired) electrons. The van der Waals surface area contributed by atoms with E-state index in [1.807, 2.05) is 6.26 Å². The van der Waals surface area contributed by atoms with E-state index in [1.54, 1.807) is 11.8 Å². The molecule has 0 saturated carbocycles. The summed E-state index contributed by atoms with van der Waals surface area (Å²) in [5, 5.41) is 1.37. The van der Waals surface area contributed by atoms with Gasteiger partial charge in [-0.15, -0.1) is 11.8 Å². The van der Waals surface area contributed by atoms with Crippen molar-refractivity contribution in [3.63, 3.8) is 0 Å². The molecule has 2 heterocycles. The second-order valence-electron chi connectivity index (χ2n) is 4.27. The van der Waals surface area contributed by atoms with Gasteiger partial charge in [-0.1, -0.05) is 30.4 Å². The van der Waals surface area contributed by atoms with Gasteiger partial charge in [0, 0.05) is 23.1 Å². The van der Waals surface area contributed by atoms with Crippen LogP contribution in [0.15, 0.2) is 24.3 Å². The van der Waals surface area contributed by atoms with Gasteiger partial charge in [-0.2, -0.15) is 0 Å². The van der Waals surface area contributed by atoms with E-state index >= 15 is 0 Å². The van der Waals surface area contributed by atoms with Crippen LogP contribution in [-0.4, -0.2) is 27.0 Å². The van der Waals surface area contributed by atoms with Gasteiger partial charge in [-0.05, 0) is 24.3 Å². The minimum Gasteiger partial charge on any atom is -0.357 e. The molecule has 3 rings (SSSR count). The monoisotopic (exact) mass is 262 g/mol. The smallest absolute Gasteiger partial charge is 0.136 e. The Morgan fingerprint density at radius 3 is 3.06 bits per heavy atom. The molecule has 1 aromatic heterocycles. The summed E-state index contributed by atoms with van der Waals surface area (Å²) in [6, 6.07) is 8.53. The number of nitrogens with zero attached hydrogens (tertiary/aromatic N) is 1. The van der Waals surface area contributed by atoms with Crippen LogP contribution in [0.3, 0.4) is 0 Å². The molecule has 4 heteroatoms. The van der Waals surface area contributed by atoms with Crippen molar-refractivity contribution in [1.82, 2.24) is 9.88 Å². The average molecular weight is 262 g/mol. The molecule has 0 bridgehead atoms. The SMILES string of the molecule is CSC(=S)N1CCc2c([nH]c3ccccc23)C1. The van der Waals surface area contributed by atoms with Gasteiger partial charge < -0.3 is 9.88 Å². The number of fused-ring (bicyclic) bond motifs is 3. The predicted octanol–water partition coefficient (Wildman–Crippen LogP) is 3.17. The number of thioether (sulfide) groups is 1. The second kappa shape index (κ2) is 4.35. The molecular formula is C13H14N2S2. The predicted molar refractivity (Wildman–Crippen MR) is 78.5 cm³/mol. The molecule has 0 saturated heterocycles. The Kier molecular flexibility index (Phi) is 2.84. The van der Waals surface area contributed by atoms with Crippen LogP contribution >= 0.6 is 24.0 Å². The number of thiocarbonyl (C=S) groups is 1. The lowest BCUT2D eigenvalue weighted by atomic mass is 10.0. The summed E-state index contributed by atoms with van der Waals surface area (Å²) in [6.07, 6.45) is 3.13. The van der Waals surface area contributed by atoms with Crippen LogP contribution in [0.2, 0.25) is 0 Å². The van der Waals surface area contributed by atoms with E-state index in [4.69, 9.17) is 12.2 Å². The largest absolute Gasteiger partial charge is 0.357 e. The first-order valence-electron chi connectivity index (χ1n) is 5.71. The number of benzene rings is 1. The summed E-state index contributed by atoms with van der Waals surface area (Å²) in [5.74, 6) is 0. The van der Waals surface area contributed by atoms with Crippen molar-refractivity contribution in [3.8, 4) is 0 Å². The van der Waals surface area contributed by atoms with Crippen molar-refractivity contribution in [2.75, 3.05) is 12.8 Å². The fourth-order valence-corrected chi connectivity index (χ4v) is 3.05. The number of nitrogens with one attached hydrogen (secondary N) is 1. The fraction of sp³-hybridized carbons (Fsp3) is 0.308. The number of aromatic amines is 1. The minimum atomic E-state index is 0.920. The maximum Gasteiger partial charge on any atom is 0.136 e. The summed E-state index contributed by atoms with van der Waals surface area (Å²) in [5.41, 5.74) is 4.05. The van der Waals surface area contributed by atoms with Gasteiger partial charge in [0.2, 0.25) is 0 Å². The molecule has 0 aliphatic carbocycles. The van der Waals surface area contributed by atoms with E-state index < -0.39 is 0 Å². The Hall–Kier alpha value is -1.00. The van der Waals surface area contributed by atoms with Gasteiger partial charge in [0.1, 0.15) is 4.32 Å². The van der Waals surface area contributed by atoms with E-state index in [-0.39, 0.29) is 0 Å². The minimum absolute atomic E-state index is 0.920. The molecule has 1 aliphatic rings. The zero-order valence-electron chi connectivity index (χ0n) is 9.69. The third kappa shape index (κ3) is 1.85. The Balaban J connectivity index is 2.00. The summed E-state index contributed by atoms with van der Waals surface area (Å²) in [6.45, 7) is 1.96. The van der Waals surface area contributed by atoms with E-state index in [2.05, 4.69) is 34.1 Å². The van der Waals surface area contributed by atoms with Crippen LogP contribution in [0.25, 0.3) is 10.9 Å². The van der Waals surface area contributed by atoms with Crippen LogP contribution in [0.1, 0.15) is 11.3 Å². The summed E-state index contributed by atoms with van der Waals surface area (Å²) in [7, 11) is 0. The van der Waals surface area contributed by atoms with Crippen LogP contribution in [0, 0.1) is 0 Å². The molecule has 1 N–H and O–H groups in total. The quantitative estimate of drug-likeness (QED) is 0.736. The fourth-order valence-electron chi connectivity index (χ4n) is 2.48. The topological polar surface area (TPSA) is 19.0 Å². The van der Waals surface area contributed by atoms with Crippen molar-refractivity contribution in [2.24, 2.45) is 0 Å². The number of para-hydroxylation sites is 1. The molecule has 1 aromatic carbocycles. The van der Waals surface area contributed by atoms with Crippen molar-refractivity contribution in [1.29, 1.82) is 0 Å². The maximum absolute atomic E-state index is 5.36. The van der Waals surface area contributed by atoms with Gasteiger partial charge in [-0.3, -0.25) is 0 Å².